The number of methoxy groups -OCH3 is 1. The van der Waals surface area contributed by atoms with Gasteiger partial charge >= 0.3 is 5.63 Å². The van der Waals surface area contributed by atoms with Crippen LogP contribution < -0.4 is 5.63 Å². The molecule has 5 rings (SSSR count). The lowest BCUT2D eigenvalue weighted by atomic mass is 9.95. The minimum atomic E-state index is -0.376. The zero-order valence-electron chi connectivity index (χ0n) is 17.6. The zero-order chi connectivity index (χ0) is 21.5. The number of aryl methyl sites for hydroxylation is 2. The molecule has 0 fully saturated rings. The van der Waals surface area contributed by atoms with Crippen LogP contribution in [-0.4, -0.2) is 7.11 Å². The van der Waals surface area contributed by atoms with Gasteiger partial charge in [-0.2, -0.15) is 0 Å². The van der Waals surface area contributed by atoms with Crippen molar-refractivity contribution in [1.29, 1.82) is 0 Å². The molecular weight excluding hydrogens is 388 g/mol. The van der Waals surface area contributed by atoms with Crippen LogP contribution in [0.5, 0.6) is 0 Å². The fourth-order valence-electron chi connectivity index (χ4n) is 4.31. The third kappa shape index (κ3) is 3.16. The summed E-state index contributed by atoms with van der Waals surface area (Å²) in [5, 5.41) is 1.88. The van der Waals surface area contributed by atoms with Gasteiger partial charge < -0.3 is 13.6 Å². The van der Waals surface area contributed by atoms with Gasteiger partial charge in [0, 0.05) is 35.1 Å². The maximum absolute atomic E-state index is 12.0. The molecule has 0 N–H and O–H groups in total. The van der Waals surface area contributed by atoms with Crippen molar-refractivity contribution in [3.05, 3.63) is 106 Å². The predicted molar refractivity (Wildman–Crippen MR) is 122 cm³/mol. The summed E-state index contributed by atoms with van der Waals surface area (Å²) in [6.45, 7) is 3.86. The zero-order valence-corrected chi connectivity index (χ0v) is 17.6. The van der Waals surface area contributed by atoms with E-state index in [-0.39, 0.29) is 11.7 Å². The fraction of sp³-hybridized carbons (Fsp3) is 0.148. The number of benzene rings is 3. The van der Waals surface area contributed by atoms with Gasteiger partial charge in [0.25, 0.3) is 0 Å². The molecule has 1 unspecified atom stereocenters. The summed E-state index contributed by atoms with van der Waals surface area (Å²) in [7, 11) is 1.69. The summed E-state index contributed by atoms with van der Waals surface area (Å²) in [6.07, 6.45) is -0.376. The van der Waals surface area contributed by atoms with E-state index in [0.717, 1.165) is 44.3 Å². The average molecular weight is 410 g/mol. The SMILES string of the molecule is COC(c1ccccc1)c1oc2c(C)c3oc(=O)cc(C)c3cc2c1-c1ccccc1. The normalized spacial score (nSPS) is 12.5. The topological polar surface area (TPSA) is 52.6 Å². The minimum absolute atomic E-state index is 0.360. The van der Waals surface area contributed by atoms with E-state index in [1.807, 2.05) is 62.4 Å². The first-order valence-corrected chi connectivity index (χ1v) is 10.2. The maximum atomic E-state index is 12.0. The van der Waals surface area contributed by atoms with Gasteiger partial charge in [0.15, 0.2) is 0 Å². The number of hydrogen-bond donors (Lipinski definition) is 0. The molecule has 4 heteroatoms. The van der Waals surface area contributed by atoms with Crippen LogP contribution in [0.4, 0.5) is 0 Å². The van der Waals surface area contributed by atoms with E-state index in [4.69, 9.17) is 13.6 Å². The Morgan fingerprint density at radius 1 is 0.806 bits per heavy atom. The standard InChI is InChI=1S/C27H22O4/c1-16-14-22(28)30-24-17(2)25-21(15-20(16)24)23(18-10-6-4-7-11-18)27(31-25)26(29-3)19-12-8-5-9-13-19/h4-15,26H,1-3H3. The van der Waals surface area contributed by atoms with Crippen LogP contribution in [0.2, 0.25) is 0 Å². The average Bonchev–Trinajstić information content (AvgIpc) is 3.16. The van der Waals surface area contributed by atoms with Crippen LogP contribution in [0.3, 0.4) is 0 Å². The second kappa shape index (κ2) is 7.56. The third-order valence-corrected chi connectivity index (χ3v) is 5.79. The molecule has 0 aliphatic rings. The van der Waals surface area contributed by atoms with Gasteiger partial charge in [-0.25, -0.2) is 4.79 Å². The monoisotopic (exact) mass is 410 g/mol. The quantitative estimate of drug-likeness (QED) is 0.315. The first-order chi connectivity index (χ1) is 15.1. The molecule has 0 saturated carbocycles. The molecule has 5 aromatic rings. The third-order valence-electron chi connectivity index (χ3n) is 5.79. The van der Waals surface area contributed by atoms with Crippen molar-refractivity contribution in [3.8, 4) is 11.1 Å². The molecule has 0 bridgehead atoms. The number of rotatable bonds is 4. The molecule has 3 aromatic carbocycles. The van der Waals surface area contributed by atoms with Crippen molar-refractivity contribution in [2.75, 3.05) is 7.11 Å². The van der Waals surface area contributed by atoms with Crippen LogP contribution in [0.25, 0.3) is 33.1 Å². The number of fused-ring (bicyclic) bond motifs is 2. The summed E-state index contributed by atoms with van der Waals surface area (Å²) in [5.41, 5.74) is 5.63. The molecule has 0 spiro atoms. The van der Waals surface area contributed by atoms with E-state index >= 15 is 0 Å². The molecular formula is C27H22O4. The molecule has 0 amide bonds. The summed E-state index contributed by atoms with van der Waals surface area (Å²) >= 11 is 0. The van der Waals surface area contributed by atoms with Gasteiger partial charge in [0.1, 0.15) is 23.0 Å². The maximum Gasteiger partial charge on any atom is 0.336 e. The Labute approximate surface area is 179 Å². The largest absolute Gasteiger partial charge is 0.457 e. The van der Waals surface area contributed by atoms with Crippen molar-refractivity contribution in [2.45, 2.75) is 20.0 Å². The predicted octanol–water partition coefficient (Wildman–Crippen LogP) is 6.56. The molecule has 2 aromatic heterocycles. The van der Waals surface area contributed by atoms with Crippen molar-refractivity contribution < 1.29 is 13.6 Å². The molecule has 31 heavy (non-hydrogen) atoms. The summed E-state index contributed by atoms with van der Waals surface area (Å²) in [5.74, 6) is 0.730. The van der Waals surface area contributed by atoms with Crippen LogP contribution >= 0.6 is 0 Å². The minimum Gasteiger partial charge on any atom is -0.457 e. The van der Waals surface area contributed by atoms with Gasteiger partial charge in [-0.3, -0.25) is 0 Å². The first kappa shape index (κ1) is 19.3. The Morgan fingerprint density at radius 3 is 2.13 bits per heavy atom. The Morgan fingerprint density at radius 2 is 1.45 bits per heavy atom. The number of furan rings is 1. The molecule has 0 radical (unpaired) electrons. The van der Waals surface area contributed by atoms with Crippen molar-refractivity contribution in [1.82, 2.24) is 0 Å². The Bertz CT molecular complexity index is 1440. The highest BCUT2D eigenvalue weighted by molar-refractivity contribution is 6.05. The Hall–Kier alpha value is -3.63. The van der Waals surface area contributed by atoms with Crippen LogP contribution in [0, 0.1) is 13.8 Å². The lowest BCUT2D eigenvalue weighted by Crippen LogP contribution is -2.03. The van der Waals surface area contributed by atoms with Gasteiger partial charge in [0.2, 0.25) is 0 Å². The molecule has 0 aliphatic heterocycles. The highest BCUT2D eigenvalue weighted by Gasteiger charge is 2.27. The molecule has 4 nitrogen and oxygen atoms in total. The molecule has 1 atom stereocenters. The first-order valence-electron chi connectivity index (χ1n) is 10.2. The molecule has 0 aliphatic carbocycles. The van der Waals surface area contributed by atoms with E-state index in [1.54, 1.807) is 7.11 Å². The number of hydrogen-bond acceptors (Lipinski definition) is 4. The molecule has 2 heterocycles. The van der Waals surface area contributed by atoms with Crippen LogP contribution in [-0.2, 0) is 4.74 Å². The van der Waals surface area contributed by atoms with E-state index in [9.17, 15) is 4.79 Å². The lowest BCUT2D eigenvalue weighted by Gasteiger charge is -2.15. The van der Waals surface area contributed by atoms with Crippen LogP contribution in [0.1, 0.15) is 28.6 Å². The fourth-order valence-corrected chi connectivity index (χ4v) is 4.31. The van der Waals surface area contributed by atoms with Crippen molar-refractivity contribution in [3.63, 3.8) is 0 Å². The summed E-state index contributed by atoms with van der Waals surface area (Å²) in [4.78, 5) is 12.0. The van der Waals surface area contributed by atoms with E-state index < -0.39 is 0 Å². The summed E-state index contributed by atoms with van der Waals surface area (Å²) in [6, 6.07) is 23.8. The van der Waals surface area contributed by atoms with E-state index in [0.29, 0.717) is 11.2 Å². The molecule has 154 valence electrons. The Balaban J connectivity index is 1.91. The van der Waals surface area contributed by atoms with Crippen molar-refractivity contribution in [2.24, 2.45) is 0 Å². The van der Waals surface area contributed by atoms with E-state index in [1.165, 1.54) is 6.07 Å². The highest BCUT2D eigenvalue weighted by atomic mass is 16.5. The number of ether oxygens (including phenoxy) is 1. The van der Waals surface area contributed by atoms with Crippen LogP contribution in [0.15, 0.2) is 86.4 Å². The second-order valence-corrected chi connectivity index (χ2v) is 7.74. The van der Waals surface area contributed by atoms with Gasteiger partial charge in [0.05, 0.1) is 0 Å². The van der Waals surface area contributed by atoms with Crippen molar-refractivity contribution >= 4 is 21.9 Å². The van der Waals surface area contributed by atoms with E-state index in [2.05, 4.69) is 18.2 Å². The highest BCUT2D eigenvalue weighted by Crippen LogP contribution is 2.44. The van der Waals surface area contributed by atoms with Gasteiger partial charge in [-0.1, -0.05) is 60.7 Å². The molecule has 0 saturated heterocycles. The van der Waals surface area contributed by atoms with Gasteiger partial charge in [-0.15, -0.1) is 0 Å². The summed E-state index contributed by atoms with van der Waals surface area (Å²) < 4.78 is 18.0. The van der Waals surface area contributed by atoms with Gasteiger partial charge in [-0.05, 0) is 36.6 Å². The lowest BCUT2D eigenvalue weighted by molar-refractivity contribution is 0.118. The Kier molecular flexibility index (Phi) is 4.72. The second-order valence-electron chi connectivity index (χ2n) is 7.74. The smallest absolute Gasteiger partial charge is 0.336 e.